The fourth-order valence-corrected chi connectivity index (χ4v) is 3.35. The first-order valence-electron chi connectivity index (χ1n) is 9.70. The number of allylic oxidation sites excluding steroid dienone is 1. The Hall–Kier alpha value is -4.18. The van der Waals surface area contributed by atoms with Crippen LogP contribution in [0.1, 0.15) is 41.4 Å². The van der Waals surface area contributed by atoms with Gasteiger partial charge in [-0.05, 0) is 56.3 Å². The highest BCUT2D eigenvalue weighted by Gasteiger charge is 2.32. The third-order valence-electron chi connectivity index (χ3n) is 4.69. The van der Waals surface area contributed by atoms with Crippen LogP contribution in [0.15, 0.2) is 76.7 Å². The Morgan fingerprint density at radius 3 is 2.52 bits per heavy atom. The van der Waals surface area contributed by atoms with Gasteiger partial charge in [-0.25, -0.2) is 4.79 Å². The van der Waals surface area contributed by atoms with Crippen LogP contribution in [0, 0.1) is 11.3 Å². The van der Waals surface area contributed by atoms with Gasteiger partial charge in [0.25, 0.3) is 0 Å². The second-order valence-corrected chi connectivity index (χ2v) is 7.22. The molecule has 0 bridgehead atoms. The van der Waals surface area contributed by atoms with E-state index in [-0.39, 0.29) is 23.3 Å². The summed E-state index contributed by atoms with van der Waals surface area (Å²) in [6.45, 7) is 3.86. The largest absolute Gasteiger partial charge is 0.491 e. The highest BCUT2D eigenvalue weighted by Crippen LogP contribution is 2.43. The molecule has 1 aliphatic heterocycles. The second kappa shape index (κ2) is 8.28. The number of carbonyl (C=O) groups excluding carboxylic acids is 1. The normalized spacial score (nSPS) is 15.1. The third kappa shape index (κ3) is 4.09. The lowest BCUT2D eigenvalue weighted by Gasteiger charge is -2.25. The highest BCUT2D eigenvalue weighted by atomic mass is 16.5. The summed E-state index contributed by atoms with van der Waals surface area (Å²) < 4.78 is 22.2. The Morgan fingerprint density at radius 2 is 1.87 bits per heavy atom. The number of benzene rings is 2. The van der Waals surface area contributed by atoms with E-state index in [1.54, 1.807) is 54.6 Å². The predicted molar refractivity (Wildman–Crippen MR) is 112 cm³/mol. The smallest absolute Gasteiger partial charge is 0.343 e. The minimum absolute atomic E-state index is 0.0133. The number of carbonyl (C=O) groups is 1. The van der Waals surface area contributed by atoms with E-state index in [1.165, 1.54) is 6.26 Å². The SMILES string of the molecule is CC(C)Oc1ccc(C(=O)Oc2ccc3c(c2)OC(N)=C(C#N)C3c2ccco2)cc1. The lowest BCUT2D eigenvalue weighted by atomic mass is 9.87. The number of rotatable bonds is 5. The van der Waals surface area contributed by atoms with Crippen LogP contribution in [0.5, 0.6) is 17.2 Å². The van der Waals surface area contributed by atoms with Crippen molar-refractivity contribution in [2.45, 2.75) is 25.9 Å². The quantitative estimate of drug-likeness (QED) is 0.482. The van der Waals surface area contributed by atoms with Gasteiger partial charge in [-0.15, -0.1) is 0 Å². The van der Waals surface area contributed by atoms with Crippen molar-refractivity contribution in [3.8, 4) is 23.3 Å². The Bertz CT molecular complexity index is 1170. The molecule has 7 heteroatoms. The fraction of sp³-hybridized carbons (Fsp3) is 0.167. The first kappa shape index (κ1) is 20.1. The highest BCUT2D eigenvalue weighted by molar-refractivity contribution is 5.91. The zero-order chi connectivity index (χ0) is 22.0. The maximum Gasteiger partial charge on any atom is 0.343 e. The number of hydrogen-bond donors (Lipinski definition) is 1. The minimum Gasteiger partial charge on any atom is -0.491 e. The molecule has 0 aliphatic carbocycles. The van der Waals surface area contributed by atoms with E-state index in [2.05, 4.69) is 6.07 Å². The molecule has 0 amide bonds. The van der Waals surface area contributed by atoms with E-state index >= 15 is 0 Å². The van der Waals surface area contributed by atoms with Crippen molar-refractivity contribution in [3.63, 3.8) is 0 Å². The van der Waals surface area contributed by atoms with Gasteiger partial charge in [-0.1, -0.05) is 6.07 Å². The second-order valence-electron chi connectivity index (χ2n) is 7.22. The average Bonchev–Trinajstić information content (AvgIpc) is 3.27. The Labute approximate surface area is 179 Å². The molecule has 0 fully saturated rings. The van der Waals surface area contributed by atoms with Crippen LogP contribution >= 0.6 is 0 Å². The van der Waals surface area contributed by atoms with Crippen LogP contribution in [-0.4, -0.2) is 12.1 Å². The Morgan fingerprint density at radius 1 is 1.13 bits per heavy atom. The minimum atomic E-state index is -0.518. The van der Waals surface area contributed by atoms with Crippen LogP contribution < -0.4 is 19.9 Å². The molecule has 31 heavy (non-hydrogen) atoms. The molecule has 0 saturated carbocycles. The number of fused-ring (bicyclic) bond motifs is 1. The molecular formula is C24H20N2O5. The Balaban J connectivity index is 1.58. The molecule has 156 valence electrons. The van der Waals surface area contributed by atoms with Gasteiger partial charge in [0.1, 0.15) is 34.7 Å². The van der Waals surface area contributed by atoms with Gasteiger partial charge in [0.15, 0.2) is 0 Å². The maximum absolute atomic E-state index is 12.5. The lowest BCUT2D eigenvalue weighted by molar-refractivity contribution is 0.0734. The average molecular weight is 416 g/mol. The monoisotopic (exact) mass is 416 g/mol. The van der Waals surface area contributed by atoms with Crippen molar-refractivity contribution in [1.29, 1.82) is 5.26 Å². The van der Waals surface area contributed by atoms with Crippen LogP contribution in [-0.2, 0) is 0 Å². The summed E-state index contributed by atoms with van der Waals surface area (Å²) >= 11 is 0. The van der Waals surface area contributed by atoms with Gasteiger partial charge in [-0.2, -0.15) is 5.26 Å². The van der Waals surface area contributed by atoms with Gasteiger partial charge >= 0.3 is 5.97 Å². The standard InChI is InChI=1S/C24H20N2O5/c1-14(2)29-16-7-5-15(6-8-16)24(27)30-17-9-10-18-21(12-17)31-23(26)19(13-25)22(18)20-4-3-11-28-20/h3-12,14,22H,26H2,1-2H3. The van der Waals surface area contributed by atoms with Gasteiger partial charge < -0.3 is 24.4 Å². The number of furan rings is 1. The third-order valence-corrected chi connectivity index (χ3v) is 4.69. The molecule has 2 heterocycles. The first-order chi connectivity index (χ1) is 15.0. The number of ether oxygens (including phenoxy) is 3. The van der Waals surface area contributed by atoms with Gasteiger partial charge in [-0.3, -0.25) is 0 Å². The maximum atomic E-state index is 12.5. The van der Waals surface area contributed by atoms with Crippen LogP contribution in [0.25, 0.3) is 0 Å². The first-order valence-corrected chi connectivity index (χ1v) is 9.70. The molecule has 4 rings (SSSR count). The van der Waals surface area contributed by atoms with E-state index < -0.39 is 11.9 Å². The molecule has 2 aromatic carbocycles. The van der Waals surface area contributed by atoms with Crippen molar-refractivity contribution in [2.24, 2.45) is 5.73 Å². The van der Waals surface area contributed by atoms with E-state index in [0.29, 0.717) is 28.4 Å². The molecule has 1 atom stereocenters. The number of hydrogen-bond acceptors (Lipinski definition) is 7. The van der Waals surface area contributed by atoms with Crippen LogP contribution in [0.2, 0.25) is 0 Å². The topological polar surface area (TPSA) is 108 Å². The summed E-state index contributed by atoms with van der Waals surface area (Å²) in [6, 6.07) is 17.3. The number of nitrogens with two attached hydrogens (primary N) is 1. The summed E-state index contributed by atoms with van der Waals surface area (Å²) in [7, 11) is 0. The molecule has 7 nitrogen and oxygen atoms in total. The van der Waals surface area contributed by atoms with E-state index in [1.807, 2.05) is 13.8 Å². The zero-order valence-electron chi connectivity index (χ0n) is 17.0. The van der Waals surface area contributed by atoms with Crippen molar-refractivity contribution in [3.05, 3.63) is 89.2 Å². The molecule has 1 unspecified atom stereocenters. The molecule has 3 aromatic rings. The van der Waals surface area contributed by atoms with Crippen molar-refractivity contribution >= 4 is 5.97 Å². The molecular weight excluding hydrogens is 396 g/mol. The predicted octanol–water partition coefficient (Wildman–Crippen LogP) is 4.50. The van der Waals surface area contributed by atoms with E-state index in [9.17, 15) is 10.1 Å². The Kier molecular flexibility index (Phi) is 5.37. The van der Waals surface area contributed by atoms with Crippen LogP contribution in [0.3, 0.4) is 0 Å². The van der Waals surface area contributed by atoms with Gasteiger partial charge in [0.05, 0.1) is 23.8 Å². The number of nitriles is 1. The number of nitrogens with zero attached hydrogens (tertiary/aromatic N) is 1. The summed E-state index contributed by atoms with van der Waals surface area (Å²) in [6.07, 6.45) is 1.57. The summed E-state index contributed by atoms with van der Waals surface area (Å²) in [5.41, 5.74) is 7.30. The van der Waals surface area contributed by atoms with Crippen molar-refractivity contribution in [2.75, 3.05) is 0 Å². The van der Waals surface area contributed by atoms with E-state index in [4.69, 9.17) is 24.4 Å². The fourth-order valence-electron chi connectivity index (χ4n) is 3.35. The molecule has 0 saturated heterocycles. The lowest BCUT2D eigenvalue weighted by Crippen LogP contribution is -2.21. The van der Waals surface area contributed by atoms with Crippen molar-refractivity contribution < 1.29 is 23.4 Å². The molecule has 0 spiro atoms. The van der Waals surface area contributed by atoms with Gasteiger partial charge in [0, 0.05) is 11.6 Å². The van der Waals surface area contributed by atoms with Gasteiger partial charge in [0.2, 0.25) is 5.88 Å². The summed E-state index contributed by atoms with van der Waals surface area (Å²) in [4.78, 5) is 12.5. The molecule has 1 aliphatic rings. The summed E-state index contributed by atoms with van der Waals surface area (Å²) in [5, 5.41) is 9.54. The molecule has 1 aromatic heterocycles. The number of esters is 1. The van der Waals surface area contributed by atoms with E-state index in [0.717, 1.165) is 0 Å². The van der Waals surface area contributed by atoms with Crippen LogP contribution in [0.4, 0.5) is 0 Å². The van der Waals surface area contributed by atoms with Crippen molar-refractivity contribution in [1.82, 2.24) is 0 Å². The zero-order valence-corrected chi connectivity index (χ0v) is 17.0. The molecule has 2 N–H and O–H groups in total. The molecule has 0 radical (unpaired) electrons. The summed E-state index contributed by atoms with van der Waals surface area (Å²) in [5.74, 6) is 0.894.